The zero-order chi connectivity index (χ0) is 25.4. The SMILES string of the molecule is CCCCCCCCCCOc1ccc(C(=O)Oc2ccc(C=N[C@@H](C)c3ccccc3)cc2)cc1. The third-order valence-corrected chi connectivity index (χ3v) is 6.18. The van der Waals surface area contributed by atoms with Gasteiger partial charge in [0.25, 0.3) is 0 Å². The lowest BCUT2D eigenvalue weighted by Crippen LogP contribution is -2.08. The first-order chi connectivity index (χ1) is 17.7. The number of carbonyl (C=O) groups is 1. The molecule has 0 aromatic heterocycles. The van der Waals surface area contributed by atoms with E-state index >= 15 is 0 Å². The average molecular weight is 486 g/mol. The molecule has 36 heavy (non-hydrogen) atoms. The van der Waals surface area contributed by atoms with E-state index in [4.69, 9.17) is 9.47 Å². The van der Waals surface area contributed by atoms with Gasteiger partial charge in [-0.1, -0.05) is 82.2 Å². The summed E-state index contributed by atoms with van der Waals surface area (Å²) in [6.07, 6.45) is 12.0. The molecule has 4 heteroatoms. The van der Waals surface area contributed by atoms with Crippen LogP contribution in [0.5, 0.6) is 11.5 Å². The number of hydrogen-bond acceptors (Lipinski definition) is 4. The van der Waals surface area contributed by atoms with Gasteiger partial charge in [0.15, 0.2) is 0 Å². The van der Waals surface area contributed by atoms with Gasteiger partial charge in [-0.05, 0) is 73.0 Å². The van der Waals surface area contributed by atoms with Crippen LogP contribution in [0, 0.1) is 0 Å². The fourth-order valence-electron chi connectivity index (χ4n) is 3.92. The summed E-state index contributed by atoms with van der Waals surface area (Å²) in [5.74, 6) is 0.898. The number of rotatable bonds is 15. The highest BCUT2D eigenvalue weighted by atomic mass is 16.5. The highest BCUT2D eigenvalue weighted by molar-refractivity contribution is 5.91. The van der Waals surface area contributed by atoms with Gasteiger partial charge in [0, 0.05) is 6.21 Å². The Kier molecular flexibility index (Phi) is 11.8. The van der Waals surface area contributed by atoms with Gasteiger partial charge in [-0.2, -0.15) is 0 Å². The van der Waals surface area contributed by atoms with Gasteiger partial charge in [0.05, 0.1) is 18.2 Å². The quantitative estimate of drug-likeness (QED) is 0.0937. The van der Waals surface area contributed by atoms with Gasteiger partial charge >= 0.3 is 5.97 Å². The Labute approximate surface area is 216 Å². The zero-order valence-corrected chi connectivity index (χ0v) is 21.7. The summed E-state index contributed by atoms with van der Waals surface area (Å²) in [7, 11) is 0. The molecule has 0 saturated heterocycles. The van der Waals surface area contributed by atoms with Crippen molar-refractivity contribution >= 4 is 12.2 Å². The van der Waals surface area contributed by atoms with Crippen molar-refractivity contribution in [2.75, 3.05) is 6.61 Å². The van der Waals surface area contributed by atoms with Crippen molar-refractivity contribution in [1.82, 2.24) is 0 Å². The summed E-state index contributed by atoms with van der Waals surface area (Å²) in [4.78, 5) is 17.1. The van der Waals surface area contributed by atoms with Crippen LogP contribution < -0.4 is 9.47 Å². The molecule has 3 rings (SSSR count). The number of carbonyl (C=O) groups excluding carboxylic acids is 1. The molecule has 0 N–H and O–H groups in total. The van der Waals surface area contributed by atoms with Crippen LogP contribution in [0.4, 0.5) is 0 Å². The molecule has 3 aromatic carbocycles. The Morgan fingerprint density at radius 3 is 2.06 bits per heavy atom. The van der Waals surface area contributed by atoms with Crippen LogP contribution in [0.25, 0.3) is 0 Å². The van der Waals surface area contributed by atoms with E-state index in [1.54, 1.807) is 24.3 Å². The van der Waals surface area contributed by atoms with Crippen LogP contribution in [0.2, 0.25) is 0 Å². The molecule has 0 aliphatic rings. The second-order valence-corrected chi connectivity index (χ2v) is 9.17. The van der Waals surface area contributed by atoms with E-state index in [1.165, 1.54) is 50.5 Å². The molecule has 0 aliphatic heterocycles. The highest BCUT2D eigenvalue weighted by Gasteiger charge is 2.09. The van der Waals surface area contributed by atoms with Gasteiger partial charge in [-0.3, -0.25) is 4.99 Å². The van der Waals surface area contributed by atoms with Crippen molar-refractivity contribution < 1.29 is 14.3 Å². The summed E-state index contributed by atoms with van der Waals surface area (Å²) in [5, 5.41) is 0. The summed E-state index contributed by atoms with van der Waals surface area (Å²) in [5.41, 5.74) is 2.62. The Morgan fingerprint density at radius 1 is 0.778 bits per heavy atom. The van der Waals surface area contributed by atoms with Crippen LogP contribution >= 0.6 is 0 Å². The number of esters is 1. The predicted molar refractivity (Wildman–Crippen MR) is 148 cm³/mol. The number of benzene rings is 3. The van der Waals surface area contributed by atoms with Gasteiger partial charge < -0.3 is 9.47 Å². The van der Waals surface area contributed by atoms with Crippen LogP contribution in [-0.4, -0.2) is 18.8 Å². The minimum absolute atomic E-state index is 0.0796. The zero-order valence-electron chi connectivity index (χ0n) is 21.7. The lowest BCUT2D eigenvalue weighted by Gasteiger charge is -2.08. The fourth-order valence-corrected chi connectivity index (χ4v) is 3.92. The number of aliphatic imine (C=N–C) groups is 1. The Bertz CT molecular complexity index is 1040. The molecule has 0 spiro atoms. The molecule has 0 radical (unpaired) electrons. The molecule has 0 saturated carbocycles. The minimum Gasteiger partial charge on any atom is -0.494 e. The maximum absolute atomic E-state index is 12.5. The van der Waals surface area contributed by atoms with Crippen molar-refractivity contribution in [3.63, 3.8) is 0 Å². The van der Waals surface area contributed by atoms with Crippen molar-refractivity contribution in [3.8, 4) is 11.5 Å². The van der Waals surface area contributed by atoms with Crippen LogP contribution in [-0.2, 0) is 0 Å². The lowest BCUT2D eigenvalue weighted by molar-refractivity contribution is 0.0734. The molecule has 0 aliphatic carbocycles. The van der Waals surface area contributed by atoms with E-state index in [9.17, 15) is 4.79 Å². The third kappa shape index (κ3) is 9.69. The number of unbranched alkanes of at least 4 members (excludes halogenated alkanes) is 7. The number of ether oxygens (including phenoxy) is 2. The van der Waals surface area contributed by atoms with Gasteiger partial charge in [0.1, 0.15) is 11.5 Å². The maximum Gasteiger partial charge on any atom is 0.343 e. The number of hydrogen-bond donors (Lipinski definition) is 0. The minimum atomic E-state index is -0.385. The molecule has 0 bridgehead atoms. The highest BCUT2D eigenvalue weighted by Crippen LogP contribution is 2.19. The average Bonchev–Trinajstić information content (AvgIpc) is 2.92. The largest absolute Gasteiger partial charge is 0.494 e. The molecule has 3 aromatic rings. The summed E-state index contributed by atoms with van der Waals surface area (Å²) in [6, 6.07) is 24.8. The smallest absolute Gasteiger partial charge is 0.343 e. The van der Waals surface area contributed by atoms with E-state index in [1.807, 2.05) is 48.7 Å². The molecule has 0 heterocycles. The Morgan fingerprint density at radius 2 is 1.39 bits per heavy atom. The summed E-state index contributed by atoms with van der Waals surface area (Å²) < 4.78 is 11.3. The Balaban J connectivity index is 1.38. The maximum atomic E-state index is 12.5. The molecule has 4 nitrogen and oxygen atoms in total. The molecular formula is C32H39NO3. The van der Waals surface area contributed by atoms with Gasteiger partial charge in [-0.15, -0.1) is 0 Å². The van der Waals surface area contributed by atoms with Crippen LogP contribution in [0.1, 0.15) is 92.7 Å². The Hall–Kier alpha value is -3.40. The van der Waals surface area contributed by atoms with E-state index in [-0.39, 0.29) is 12.0 Å². The lowest BCUT2D eigenvalue weighted by atomic mass is 10.1. The first kappa shape index (κ1) is 27.2. The fraction of sp³-hybridized carbons (Fsp3) is 0.375. The van der Waals surface area contributed by atoms with E-state index < -0.39 is 0 Å². The summed E-state index contributed by atoms with van der Waals surface area (Å²) in [6.45, 7) is 5.02. The number of nitrogens with zero attached hydrogens (tertiary/aromatic N) is 1. The second kappa shape index (κ2) is 15.6. The molecule has 0 fully saturated rings. The first-order valence-corrected chi connectivity index (χ1v) is 13.3. The monoisotopic (exact) mass is 485 g/mol. The van der Waals surface area contributed by atoms with E-state index in [0.717, 1.165) is 17.7 Å². The molecule has 1 atom stereocenters. The standard InChI is InChI=1S/C32H39NO3/c1-3-4-5-6-7-8-9-13-24-35-30-22-18-29(19-23-30)32(34)36-31-20-16-27(17-21-31)25-33-26(2)28-14-11-10-12-15-28/h10-12,14-23,25-26H,3-9,13,24H2,1-2H3/t26-/m0/s1. The van der Waals surface area contributed by atoms with Crippen molar-refractivity contribution in [1.29, 1.82) is 0 Å². The second-order valence-electron chi connectivity index (χ2n) is 9.17. The van der Waals surface area contributed by atoms with Crippen molar-refractivity contribution in [2.45, 2.75) is 71.3 Å². The van der Waals surface area contributed by atoms with E-state index in [2.05, 4.69) is 31.0 Å². The van der Waals surface area contributed by atoms with Gasteiger partial charge in [0.2, 0.25) is 0 Å². The normalized spacial score (nSPS) is 11.9. The third-order valence-electron chi connectivity index (χ3n) is 6.18. The van der Waals surface area contributed by atoms with Gasteiger partial charge in [-0.25, -0.2) is 4.79 Å². The first-order valence-electron chi connectivity index (χ1n) is 13.3. The molecular weight excluding hydrogens is 446 g/mol. The van der Waals surface area contributed by atoms with Crippen LogP contribution in [0.3, 0.4) is 0 Å². The molecule has 190 valence electrons. The molecule has 0 amide bonds. The topological polar surface area (TPSA) is 47.9 Å². The van der Waals surface area contributed by atoms with Crippen LogP contribution in [0.15, 0.2) is 83.9 Å². The van der Waals surface area contributed by atoms with E-state index in [0.29, 0.717) is 17.9 Å². The predicted octanol–water partition coefficient (Wildman–Crippen LogP) is 8.61. The molecule has 0 unspecified atom stereocenters. The van der Waals surface area contributed by atoms with Crippen molar-refractivity contribution in [3.05, 3.63) is 95.6 Å². The summed E-state index contributed by atoms with van der Waals surface area (Å²) >= 11 is 0. The van der Waals surface area contributed by atoms with Crippen molar-refractivity contribution in [2.24, 2.45) is 4.99 Å².